The van der Waals surface area contributed by atoms with Crippen LogP contribution in [0.1, 0.15) is 23.7 Å². The second kappa shape index (κ2) is 5.38. The van der Waals surface area contributed by atoms with E-state index in [1.54, 1.807) is 0 Å². The summed E-state index contributed by atoms with van der Waals surface area (Å²) in [5.41, 5.74) is 2.63. The van der Waals surface area contributed by atoms with Gasteiger partial charge in [0, 0.05) is 20.5 Å². The molecule has 1 heterocycles. The third-order valence-electron chi connectivity index (χ3n) is 4.03. The zero-order valence-corrected chi connectivity index (χ0v) is 14.2. The molecule has 0 saturated heterocycles. The van der Waals surface area contributed by atoms with Crippen molar-refractivity contribution in [2.45, 2.75) is 17.7 Å². The highest BCUT2D eigenvalue weighted by atomic mass is 35.5. The first-order valence-electron chi connectivity index (χ1n) is 6.58. The van der Waals surface area contributed by atoms with Gasteiger partial charge in [-0.05, 0) is 6.92 Å². The van der Waals surface area contributed by atoms with Gasteiger partial charge in [0.1, 0.15) is 21.1 Å². The molecule has 0 bridgehead atoms. The fraction of sp³-hybridized carbons (Fsp3) is 0.538. The first-order valence-corrected chi connectivity index (χ1v) is 7.33. The number of nitrogens with two attached hydrogens (primary N) is 1. The molecule has 126 valence electrons. The molecule has 23 heavy (non-hydrogen) atoms. The van der Waals surface area contributed by atoms with Gasteiger partial charge in [0.2, 0.25) is 5.78 Å². The van der Waals surface area contributed by atoms with Crippen molar-refractivity contribution in [3.63, 3.8) is 0 Å². The van der Waals surface area contributed by atoms with Gasteiger partial charge < -0.3 is 10.5 Å². The molecule has 8 nitrogen and oxygen atoms in total. The molecular weight excluding hydrogens is 349 g/mol. The average Bonchev–Trinajstić information content (AvgIpc) is 3.00. The Bertz CT molecular complexity index is 826. The molecule has 10 heteroatoms. The van der Waals surface area contributed by atoms with Crippen molar-refractivity contribution in [2.75, 3.05) is 12.3 Å². The predicted octanol–water partition coefficient (Wildman–Crippen LogP) is -0.0240. The highest BCUT2D eigenvalue weighted by Crippen LogP contribution is 2.64. The Morgan fingerprint density at radius 2 is 1.78 bits per heavy atom. The van der Waals surface area contributed by atoms with E-state index < -0.39 is 44.9 Å². The molecule has 2 rings (SSSR count). The van der Waals surface area contributed by atoms with Crippen LogP contribution < -0.4 is 17.0 Å². The summed E-state index contributed by atoms with van der Waals surface area (Å²) in [6, 6.07) is 0. The molecule has 0 radical (unpaired) electrons. The molecular formula is C13H15Cl2N3O5. The molecule has 1 aromatic heterocycles. The Kier molecular flexibility index (Phi) is 4.11. The lowest BCUT2D eigenvalue weighted by molar-refractivity contribution is -0.148. The van der Waals surface area contributed by atoms with Crippen molar-refractivity contribution in [3.05, 3.63) is 26.4 Å². The van der Waals surface area contributed by atoms with Gasteiger partial charge in [0.05, 0.1) is 0 Å². The molecule has 2 N–H and O–H groups in total. The van der Waals surface area contributed by atoms with Gasteiger partial charge in [-0.1, -0.05) is 0 Å². The lowest BCUT2D eigenvalue weighted by atomic mass is 10.1. The van der Waals surface area contributed by atoms with Crippen LogP contribution in [0.3, 0.4) is 0 Å². The summed E-state index contributed by atoms with van der Waals surface area (Å²) in [5.74, 6) is -1.84. The number of ether oxygens (including phenoxy) is 1. The van der Waals surface area contributed by atoms with Gasteiger partial charge in [0.25, 0.3) is 5.56 Å². The van der Waals surface area contributed by atoms with E-state index in [0.29, 0.717) is 0 Å². The van der Waals surface area contributed by atoms with Crippen LogP contribution in [0.15, 0.2) is 9.59 Å². The summed E-state index contributed by atoms with van der Waals surface area (Å²) < 4.78 is 5.37. The average molecular weight is 364 g/mol. The summed E-state index contributed by atoms with van der Waals surface area (Å²) in [5, 5.41) is 0. The van der Waals surface area contributed by atoms with Crippen LogP contribution in [-0.2, 0) is 23.6 Å². The van der Waals surface area contributed by atoms with Crippen molar-refractivity contribution in [1.29, 1.82) is 0 Å². The standard InChI is InChI=1S/C13H15Cl2N3O5/c1-12(5-13(12,14)15)10(21)23-4-6(19)7-8(16)17(2)11(22)18(3)9(7)20/h4-5,16H2,1-3H3/t12-/m1/s1. The predicted molar refractivity (Wildman–Crippen MR) is 83.8 cm³/mol. The monoisotopic (exact) mass is 363 g/mol. The molecule has 1 fully saturated rings. The van der Waals surface area contributed by atoms with Gasteiger partial charge in [-0.3, -0.25) is 23.5 Å². The molecule has 0 aliphatic heterocycles. The van der Waals surface area contributed by atoms with Crippen LogP contribution in [0.2, 0.25) is 0 Å². The largest absolute Gasteiger partial charge is 0.457 e. The Hall–Kier alpha value is -1.80. The third-order valence-corrected chi connectivity index (χ3v) is 5.13. The minimum Gasteiger partial charge on any atom is -0.457 e. The van der Waals surface area contributed by atoms with Crippen LogP contribution in [0.5, 0.6) is 0 Å². The highest BCUT2D eigenvalue weighted by molar-refractivity contribution is 6.53. The lowest BCUT2D eigenvalue weighted by Crippen LogP contribution is -2.42. The third kappa shape index (κ3) is 2.66. The van der Waals surface area contributed by atoms with Gasteiger partial charge in [-0.25, -0.2) is 4.79 Å². The van der Waals surface area contributed by atoms with Crippen LogP contribution in [0.25, 0.3) is 0 Å². The molecule has 1 aromatic rings. The highest BCUT2D eigenvalue weighted by Gasteiger charge is 2.69. The summed E-state index contributed by atoms with van der Waals surface area (Å²) >= 11 is 11.7. The molecule has 1 atom stereocenters. The number of alkyl halides is 2. The van der Waals surface area contributed by atoms with E-state index in [1.165, 1.54) is 21.0 Å². The number of rotatable bonds is 4. The molecule has 0 unspecified atom stereocenters. The fourth-order valence-electron chi connectivity index (χ4n) is 2.11. The number of hydrogen-bond acceptors (Lipinski definition) is 6. The van der Waals surface area contributed by atoms with E-state index in [0.717, 1.165) is 9.13 Å². The topological polar surface area (TPSA) is 113 Å². The maximum absolute atomic E-state index is 12.2. The summed E-state index contributed by atoms with van der Waals surface area (Å²) in [4.78, 5) is 47.8. The Balaban J connectivity index is 2.22. The second-order valence-corrected chi connectivity index (χ2v) is 7.16. The van der Waals surface area contributed by atoms with Crippen LogP contribution in [0.4, 0.5) is 5.82 Å². The number of carbonyl (C=O) groups is 2. The zero-order valence-electron chi connectivity index (χ0n) is 12.7. The normalized spacial score (nSPS) is 21.8. The van der Waals surface area contributed by atoms with Gasteiger partial charge in [-0.2, -0.15) is 0 Å². The number of Topliss-reactive ketones (excluding diaryl/α,β-unsaturated/α-hetero) is 1. The van der Waals surface area contributed by atoms with Crippen molar-refractivity contribution in [1.82, 2.24) is 9.13 Å². The van der Waals surface area contributed by atoms with Gasteiger partial charge in [0.15, 0.2) is 6.61 Å². The fourth-order valence-corrected chi connectivity index (χ4v) is 2.79. The summed E-state index contributed by atoms with van der Waals surface area (Å²) in [6.45, 7) is 0.815. The minimum absolute atomic E-state index is 0.208. The second-order valence-electron chi connectivity index (χ2n) is 5.68. The van der Waals surface area contributed by atoms with Crippen molar-refractivity contribution in [2.24, 2.45) is 19.5 Å². The van der Waals surface area contributed by atoms with E-state index >= 15 is 0 Å². The molecule has 0 aromatic carbocycles. The number of hydrogen-bond donors (Lipinski definition) is 1. The molecule has 0 spiro atoms. The van der Waals surface area contributed by atoms with Crippen molar-refractivity contribution in [3.8, 4) is 0 Å². The maximum atomic E-state index is 12.2. The van der Waals surface area contributed by atoms with Crippen molar-refractivity contribution >= 4 is 40.8 Å². The number of aromatic nitrogens is 2. The van der Waals surface area contributed by atoms with E-state index in [4.69, 9.17) is 33.7 Å². The zero-order chi connectivity index (χ0) is 17.7. The molecule has 0 amide bonds. The number of carbonyl (C=O) groups excluding carboxylic acids is 2. The number of esters is 1. The number of halogens is 2. The summed E-state index contributed by atoms with van der Waals surface area (Å²) in [6.07, 6.45) is 0.208. The maximum Gasteiger partial charge on any atom is 0.332 e. The van der Waals surface area contributed by atoms with Crippen LogP contribution >= 0.6 is 23.2 Å². The van der Waals surface area contributed by atoms with E-state index in [-0.39, 0.29) is 12.2 Å². The number of ketones is 1. The van der Waals surface area contributed by atoms with Gasteiger partial charge >= 0.3 is 11.7 Å². The smallest absolute Gasteiger partial charge is 0.332 e. The first kappa shape index (κ1) is 17.6. The van der Waals surface area contributed by atoms with E-state index in [2.05, 4.69) is 0 Å². The SMILES string of the molecule is Cn1c(N)c(C(=O)COC(=O)[C@@]2(C)CC2(Cl)Cl)c(=O)n(C)c1=O. The van der Waals surface area contributed by atoms with Crippen LogP contribution in [0, 0.1) is 5.41 Å². The Morgan fingerprint density at radius 3 is 2.26 bits per heavy atom. The number of anilines is 1. The van der Waals surface area contributed by atoms with E-state index in [1.807, 2.05) is 0 Å². The number of nitrogen functional groups attached to an aromatic ring is 1. The quantitative estimate of drug-likeness (QED) is 0.456. The Morgan fingerprint density at radius 1 is 1.26 bits per heavy atom. The number of nitrogens with zero attached hydrogens (tertiary/aromatic N) is 2. The molecule has 1 saturated carbocycles. The van der Waals surface area contributed by atoms with Crippen molar-refractivity contribution < 1.29 is 14.3 Å². The lowest BCUT2D eigenvalue weighted by Gasteiger charge is -2.13. The minimum atomic E-state index is -1.22. The molecule has 1 aliphatic carbocycles. The van der Waals surface area contributed by atoms with Gasteiger partial charge in [-0.15, -0.1) is 23.2 Å². The Labute approximate surface area is 140 Å². The first-order chi connectivity index (χ1) is 10.4. The van der Waals surface area contributed by atoms with E-state index in [9.17, 15) is 19.2 Å². The molecule has 1 aliphatic rings. The van der Waals surface area contributed by atoms with Crippen LogP contribution in [-0.4, -0.2) is 31.8 Å². The summed E-state index contributed by atoms with van der Waals surface area (Å²) in [7, 11) is 2.54.